The summed E-state index contributed by atoms with van der Waals surface area (Å²) in [6, 6.07) is 14.6. The molecule has 0 saturated carbocycles. The Kier molecular flexibility index (Phi) is 4.28. The van der Waals surface area contributed by atoms with Crippen LogP contribution in [-0.4, -0.2) is 8.42 Å². The topological polar surface area (TPSA) is 70.0 Å². The fraction of sp³-hybridized carbons (Fsp3) is 0.0714. The highest BCUT2D eigenvalue weighted by Gasteiger charge is 2.13. The summed E-state index contributed by atoms with van der Waals surface area (Å²) < 4.78 is 26.7. The Hall–Kier alpha value is -2.03. The predicted molar refractivity (Wildman–Crippen MR) is 78.0 cm³/mol. The maximum atomic E-state index is 12.1. The van der Waals surface area contributed by atoms with Crippen molar-refractivity contribution >= 4 is 27.3 Å². The quantitative estimate of drug-likeness (QED) is 0.943. The van der Waals surface area contributed by atoms with Crippen molar-refractivity contribution in [3.63, 3.8) is 0 Å². The highest BCUT2D eigenvalue weighted by Crippen LogP contribution is 2.18. The van der Waals surface area contributed by atoms with Gasteiger partial charge in [0, 0.05) is 10.7 Å². The van der Waals surface area contributed by atoms with Gasteiger partial charge in [-0.1, -0.05) is 23.7 Å². The summed E-state index contributed by atoms with van der Waals surface area (Å²) in [5, 5.41) is 9.05. The standard InChI is InChI=1S/C14H11ClN2O2S/c15-12-3-7-14(8-4-12)20(18,19)17-13-5-1-11(2-6-13)9-10-16/h1-8,17H,9H2. The number of nitriles is 1. The van der Waals surface area contributed by atoms with E-state index < -0.39 is 10.0 Å². The van der Waals surface area contributed by atoms with Gasteiger partial charge in [-0.25, -0.2) is 8.42 Å². The molecule has 20 heavy (non-hydrogen) atoms. The van der Waals surface area contributed by atoms with Crippen molar-refractivity contribution < 1.29 is 8.42 Å². The second-order valence-electron chi connectivity index (χ2n) is 4.09. The molecule has 1 N–H and O–H groups in total. The molecule has 0 radical (unpaired) electrons. The molecule has 102 valence electrons. The van der Waals surface area contributed by atoms with Crippen molar-refractivity contribution in [1.29, 1.82) is 5.26 Å². The maximum Gasteiger partial charge on any atom is 0.261 e. The monoisotopic (exact) mass is 306 g/mol. The van der Waals surface area contributed by atoms with E-state index in [1.807, 2.05) is 6.07 Å². The van der Waals surface area contributed by atoms with Crippen LogP contribution in [-0.2, 0) is 16.4 Å². The molecule has 0 aliphatic heterocycles. The molecule has 4 nitrogen and oxygen atoms in total. The Balaban J connectivity index is 2.20. The minimum atomic E-state index is -3.63. The van der Waals surface area contributed by atoms with E-state index >= 15 is 0 Å². The Bertz CT molecular complexity index is 732. The molecule has 0 fully saturated rings. The highest BCUT2D eigenvalue weighted by atomic mass is 35.5. The molecule has 6 heteroatoms. The van der Waals surface area contributed by atoms with Gasteiger partial charge < -0.3 is 0 Å². The Morgan fingerprint density at radius 2 is 1.65 bits per heavy atom. The average molecular weight is 307 g/mol. The van der Waals surface area contributed by atoms with Gasteiger partial charge in [0.15, 0.2) is 0 Å². The third-order valence-electron chi connectivity index (χ3n) is 2.61. The van der Waals surface area contributed by atoms with Crippen molar-refractivity contribution in [1.82, 2.24) is 0 Å². The van der Waals surface area contributed by atoms with Crippen molar-refractivity contribution in [2.24, 2.45) is 0 Å². The van der Waals surface area contributed by atoms with Crippen LogP contribution >= 0.6 is 11.6 Å². The van der Waals surface area contributed by atoms with Crippen LogP contribution in [0.5, 0.6) is 0 Å². The zero-order chi connectivity index (χ0) is 14.6. The van der Waals surface area contributed by atoms with Crippen LogP contribution in [0, 0.1) is 11.3 Å². The second-order valence-corrected chi connectivity index (χ2v) is 6.21. The smallest absolute Gasteiger partial charge is 0.261 e. The number of hydrogen-bond acceptors (Lipinski definition) is 3. The van der Waals surface area contributed by atoms with E-state index in [1.54, 1.807) is 24.3 Å². The first-order chi connectivity index (χ1) is 9.51. The summed E-state index contributed by atoms with van der Waals surface area (Å²) >= 11 is 5.73. The number of halogens is 1. The molecule has 2 aromatic rings. The number of hydrogen-bond donors (Lipinski definition) is 1. The van der Waals surface area contributed by atoms with Crippen LogP contribution in [0.25, 0.3) is 0 Å². The van der Waals surface area contributed by atoms with Crippen LogP contribution < -0.4 is 4.72 Å². The number of nitrogens with zero attached hydrogens (tertiary/aromatic N) is 1. The van der Waals surface area contributed by atoms with Crippen molar-refractivity contribution in [3.8, 4) is 6.07 Å². The molecule has 0 spiro atoms. The van der Waals surface area contributed by atoms with Gasteiger partial charge >= 0.3 is 0 Å². The predicted octanol–water partition coefficient (Wildman–Crippen LogP) is 3.21. The molecule has 0 amide bonds. The lowest BCUT2D eigenvalue weighted by molar-refractivity contribution is 0.601. The fourth-order valence-electron chi connectivity index (χ4n) is 1.61. The van der Waals surface area contributed by atoms with Gasteiger partial charge in [-0.05, 0) is 42.0 Å². The summed E-state index contributed by atoms with van der Waals surface area (Å²) in [6.45, 7) is 0. The van der Waals surface area contributed by atoms with E-state index in [0.717, 1.165) is 5.56 Å². The number of nitrogens with one attached hydrogen (secondary N) is 1. The molecule has 0 aliphatic carbocycles. The molecular weight excluding hydrogens is 296 g/mol. The van der Waals surface area contributed by atoms with Gasteiger partial charge in [-0.2, -0.15) is 5.26 Å². The van der Waals surface area contributed by atoms with E-state index in [1.165, 1.54) is 24.3 Å². The van der Waals surface area contributed by atoms with E-state index in [0.29, 0.717) is 17.1 Å². The molecule has 0 aromatic heterocycles. The van der Waals surface area contributed by atoms with E-state index in [2.05, 4.69) is 4.72 Å². The molecule has 0 heterocycles. The minimum Gasteiger partial charge on any atom is -0.280 e. The molecule has 2 aromatic carbocycles. The lowest BCUT2D eigenvalue weighted by Crippen LogP contribution is -2.12. The summed E-state index contributed by atoms with van der Waals surface area (Å²) in [4.78, 5) is 0.142. The van der Waals surface area contributed by atoms with Crippen LogP contribution in [0.4, 0.5) is 5.69 Å². The van der Waals surface area contributed by atoms with Crippen molar-refractivity contribution in [3.05, 3.63) is 59.1 Å². The van der Waals surface area contributed by atoms with Crippen LogP contribution in [0.1, 0.15) is 5.56 Å². The van der Waals surface area contributed by atoms with Crippen LogP contribution in [0.15, 0.2) is 53.4 Å². The summed E-state index contributed by atoms with van der Waals surface area (Å²) in [6.07, 6.45) is 0.296. The van der Waals surface area contributed by atoms with Crippen LogP contribution in [0.2, 0.25) is 5.02 Å². The zero-order valence-corrected chi connectivity index (χ0v) is 11.9. The van der Waals surface area contributed by atoms with Gasteiger partial charge in [0.2, 0.25) is 0 Å². The third-order valence-corrected chi connectivity index (χ3v) is 4.26. The minimum absolute atomic E-state index is 0.142. The normalized spacial score (nSPS) is 10.8. The van der Waals surface area contributed by atoms with Gasteiger partial charge in [0.1, 0.15) is 0 Å². The molecule has 2 rings (SSSR count). The summed E-state index contributed by atoms with van der Waals surface area (Å²) in [5.41, 5.74) is 1.28. The fourth-order valence-corrected chi connectivity index (χ4v) is 2.79. The average Bonchev–Trinajstić information content (AvgIpc) is 2.41. The molecular formula is C14H11ClN2O2S. The lowest BCUT2D eigenvalue weighted by atomic mass is 10.1. The van der Waals surface area contributed by atoms with Crippen molar-refractivity contribution in [2.75, 3.05) is 4.72 Å². The second kappa shape index (κ2) is 5.95. The number of anilines is 1. The lowest BCUT2D eigenvalue weighted by Gasteiger charge is -2.08. The molecule has 0 aliphatic rings. The first kappa shape index (κ1) is 14.4. The van der Waals surface area contributed by atoms with Crippen LogP contribution in [0.3, 0.4) is 0 Å². The largest absolute Gasteiger partial charge is 0.280 e. The van der Waals surface area contributed by atoms with E-state index in [-0.39, 0.29) is 4.90 Å². The van der Waals surface area contributed by atoms with Gasteiger partial charge in [-0.15, -0.1) is 0 Å². The molecule has 0 atom stereocenters. The Labute approximate surface area is 122 Å². The first-order valence-electron chi connectivity index (χ1n) is 5.75. The van der Waals surface area contributed by atoms with E-state index in [4.69, 9.17) is 16.9 Å². The van der Waals surface area contributed by atoms with Crippen molar-refractivity contribution in [2.45, 2.75) is 11.3 Å². The zero-order valence-electron chi connectivity index (χ0n) is 10.4. The number of rotatable bonds is 4. The maximum absolute atomic E-state index is 12.1. The number of benzene rings is 2. The molecule has 0 unspecified atom stereocenters. The first-order valence-corrected chi connectivity index (χ1v) is 7.62. The summed E-state index contributed by atoms with van der Waals surface area (Å²) in [7, 11) is -3.63. The van der Waals surface area contributed by atoms with Gasteiger partial charge in [-0.3, -0.25) is 4.72 Å². The molecule has 0 saturated heterocycles. The van der Waals surface area contributed by atoms with E-state index in [9.17, 15) is 8.42 Å². The third kappa shape index (κ3) is 3.50. The Morgan fingerprint density at radius 1 is 1.05 bits per heavy atom. The molecule has 0 bridgehead atoms. The highest BCUT2D eigenvalue weighted by molar-refractivity contribution is 7.92. The number of sulfonamides is 1. The summed E-state index contributed by atoms with van der Waals surface area (Å²) in [5.74, 6) is 0. The SMILES string of the molecule is N#CCc1ccc(NS(=O)(=O)c2ccc(Cl)cc2)cc1. The van der Waals surface area contributed by atoms with Gasteiger partial charge in [0.05, 0.1) is 17.4 Å². The Morgan fingerprint density at radius 3 is 2.20 bits per heavy atom. The van der Waals surface area contributed by atoms with Gasteiger partial charge in [0.25, 0.3) is 10.0 Å².